The predicted molar refractivity (Wildman–Crippen MR) is 145 cm³/mol. The van der Waals surface area contributed by atoms with Crippen LogP contribution in [0.5, 0.6) is 0 Å². The van der Waals surface area contributed by atoms with Crippen molar-refractivity contribution in [3.8, 4) is 11.1 Å². The second-order valence-corrected chi connectivity index (χ2v) is 9.65. The Labute approximate surface area is 217 Å². The van der Waals surface area contributed by atoms with Crippen LogP contribution in [-0.4, -0.2) is 36.1 Å². The van der Waals surface area contributed by atoms with Crippen molar-refractivity contribution >= 4 is 29.3 Å². The first kappa shape index (κ1) is 26.1. The number of hydrogen-bond donors (Lipinski definition) is 1. The predicted octanol–water partition coefficient (Wildman–Crippen LogP) is 6.17. The number of carbonyl (C=O) groups excluding carboxylic acids is 1. The largest absolute Gasteiger partial charge is 0.478 e. The van der Waals surface area contributed by atoms with E-state index in [-0.39, 0.29) is 24.2 Å². The molecule has 7 heteroatoms. The van der Waals surface area contributed by atoms with E-state index in [1.165, 1.54) is 18.3 Å². The summed E-state index contributed by atoms with van der Waals surface area (Å²) in [6.45, 7) is 0.0643. The average molecular weight is 502 g/mol. The van der Waals surface area contributed by atoms with Crippen molar-refractivity contribution in [3.63, 3.8) is 0 Å². The number of carboxylic acids is 1. The Morgan fingerprint density at radius 1 is 0.973 bits per heavy atom. The number of rotatable bonds is 8. The minimum atomic E-state index is -1.07. The monoisotopic (exact) mass is 501 g/mol. The lowest BCUT2D eigenvalue weighted by molar-refractivity contribution is -0.131. The zero-order valence-corrected chi connectivity index (χ0v) is 21.2. The van der Waals surface area contributed by atoms with E-state index in [0.717, 1.165) is 55.0 Å². The molecule has 1 saturated carbocycles. The molecule has 0 bridgehead atoms. The number of hydrogen-bond acceptors (Lipinski definition) is 4. The highest BCUT2D eigenvalue weighted by molar-refractivity contribution is 5.95. The molecule has 1 heterocycles. The van der Waals surface area contributed by atoms with Gasteiger partial charge in [0.15, 0.2) is 0 Å². The number of aliphatic carboxylic acids is 1. The van der Waals surface area contributed by atoms with Gasteiger partial charge >= 0.3 is 5.97 Å². The van der Waals surface area contributed by atoms with Crippen molar-refractivity contribution in [2.45, 2.75) is 38.6 Å². The summed E-state index contributed by atoms with van der Waals surface area (Å²) in [4.78, 5) is 32.4. The third kappa shape index (κ3) is 6.61. The van der Waals surface area contributed by atoms with E-state index in [1.54, 1.807) is 23.2 Å². The van der Waals surface area contributed by atoms with Gasteiger partial charge in [0, 0.05) is 43.5 Å². The second kappa shape index (κ2) is 11.8. The number of amides is 1. The van der Waals surface area contributed by atoms with Gasteiger partial charge in [0.1, 0.15) is 5.82 Å². The maximum Gasteiger partial charge on any atom is 0.328 e. The Morgan fingerprint density at radius 3 is 2.32 bits per heavy atom. The maximum absolute atomic E-state index is 15.4. The van der Waals surface area contributed by atoms with Gasteiger partial charge in [0.2, 0.25) is 5.91 Å². The lowest BCUT2D eigenvalue weighted by atomic mass is 9.88. The van der Waals surface area contributed by atoms with E-state index in [2.05, 4.69) is 4.98 Å². The Hall–Kier alpha value is -4.00. The molecule has 1 fully saturated rings. The molecule has 3 aromatic rings. The molecule has 1 aromatic heterocycles. The van der Waals surface area contributed by atoms with Gasteiger partial charge in [-0.3, -0.25) is 9.78 Å². The molecule has 1 amide bonds. The van der Waals surface area contributed by atoms with Crippen LogP contribution >= 0.6 is 0 Å². The van der Waals surface area contributed by atoms with Crippen molar-refractivity contribution in [2.24, 2.45) is 5.92 Å². The maximum atomic E-state index is 15.4. The standard InChI is InChI=1S/C30H32FN3O3/c1-33(2)26-13-11-22(12-14-26)24-9-10-25(28(31)17-24)20-34(30(37)23-6-4-3-5-7-23)27-16-21(18-32-19-27)8-15-29(35)36/h8-19,23H,3-7,20H2,1-2H3,(H,35,36)/b15-8+. The van der Waals surface area contributed by atoms with Crippen molar-refractivity contribution in [1.82, 2.24) is 4.98 Å². The third-order valence-corrected chi connectivity index (χ3v) is 6.79. The highest BCUT2D eigenvalue weighted by atomic mass is 19.1. The summed E-state index contributed by atoms with van der Waals surface area (Å²) in [5.41, 5.74) is 4.22. The van der Waals surface area contributed by atoms with Crippen molar-refractivity contribution in [2.75, 3.05) is 23.9 Å². The number of carboxylic acid groups (broad SMARTS) is 1. The first-order valence-corrected chi connectivity index (χ1v) is 12.6. The number of pyridine rings is 1. The summed E-state index contributed by atoms with van der Waals surface area (Å²) in [5.74, 6) is -1.63. The molecule has 6 nitrogen and oxygen atoms in total. The summed E-state index contributed by atoms with van der Waals surface area (Å²) in [6, 6.07) is 14.7. The molecule has 4 rings (SSSR count). The van der Waals surface area contributed by atoms with Crippen molar-refractivity contribution < 1.29 is 19.1 Å². The Balaban J connectivity index is 1.63. The number of aromatic nitrogens is 1. The molecule has 2 aromatic carbocycles. The zero-order chi connectivity index (χ0) is 26.4. The molecule has 0 unspecified atom stereocenters. The van der Waals surface area contributed by atoms with Crippen LogP contribution in [0, 0.1) is 11.7 Å². The number of carbonyl (C=O) groups is 2. The Kier molecular flexibility index (Phi) is 8.33. The smallest absolute Gasteiger partial charge is 0.328 e. The van der Waals surface area contributed by atoms with Gasteiger partial charge in [-0.1, -0.05) is 43.5 Å². The summed E-state index contributed by atoms with van der Waals surface area (Å²) in [7, 11) is 3.94. The normalized spacial score (nSPS) is 14.0. The highest BCUT2D eigenvalue weighted by Crippen LogP contribution is 2.30. The number of halogens is 1. The fraction of sp³-hybridized carbons (Fsp3) is 0.300. The van der Waals surface area contributed by atoms with Gasteiger partial charge in [-0.25, -0.2) is 9.18 Å². The van der Waals surface area contributed by atoms with Gasteiger partial charge in [-0.15, -0.1) is 0 Å². The van der Waals surface area contributed by atoms with Gasteiger partial charge < -0.3 is 14.9 Å². The quantitative estimate of drug-likeness (QED) is 0.374. The minimum absolute atomic E-state index is 0.0522. The number of nitrogens with zero attached hydrogens (tertiary/aromatic N) is 3. The molecule has 0 saturated heterocycles. The molecule has 0 aliphatic heterocycles. The summed E-state index contributed by atoms with van der Waals surface area (Å²) in [5, 5.41) is 8.96. The lowest BCUT2D eigenvalue weighted by Crippen LogP contribution is -2.37. The fourth-order valence-electron chi connectivity index (χ4n) is 4.70. The average Bonchev–Trinajstić information content (AvgIpc) is 2.91. The molecular weight excluding hydrogens is 469 g/mol. The SMILES string of the molecule is CN(C)c1ccc(-c2ccc(CN(C(=O)C3CCCCC3)c3cncc(/C=C/C(=O)O)c3)c(F)c2)cc1. The second-order valence-electron chi connectivity index (χ2n) is 9.65. The van der Waals surface area contributed by atoms with Gasteiger partial charge in [0.25, 0.3) is 0 Å². The Morgan fingerprint density at radius 2 is 1.68 bits per heavy atom. The van der Waals surface area contributed by atoms with Crippen molar-refractivity contribution in [1.29, 1.82) is 0 Å². The van der Waals surface area contributed by atoms with E-state index < -0.39 is 5.97 Å². The first-order chi connectivity index (χ1) is 17.8. The third-order valence-electron chi connectivity index (χ3n) is 6.79. The topological polar surface area (TPSA) is 73.7 Å². The lowest BCUT2D eigenvalue weighted by Gasteiger charge is -2.29. The highest BCUT2D eigenvalue weighted by Gasteiger charge is 2.28. The van der Waals surface area contributed by atoms with Crippen molar-refractivity contribution in [3.05, 3.63) is 83.9 Å². The number of anilines is 2. The van der Waals surface area contributed by atoms with Crippen LogP contribution in [0.4, 0.5) is 15.8 Å². The van der Waals surface area contributed by atoms with Crippen LogP contribution < -0.4 is 9.80 Å². The summed E-state index contributed by atoms with van der Waals surface area (Å²) in [6.07, 6.45) is 10.3. The Bertz CT molecular complexity index is 1280. The van der Waals surface area contributed by atoms with E-state index in [0.29, 0.717) is 16.8 Å². The molecular formula is C30H32FN3O3. The van der Waals surface area contributed by atoms with E-state index >= 15 is 4.39 Å². The molecule has 0 spiro atoms. The summed E-state index contributed by atoms with van der Waals surface area (Å²) >= 11 is 0. The van der Waals surface area contributed by atoms with Crippen LogP contribution in [0.1, 0.15) is 43.2 Å². The van der Waals surface area contributed by atoms with Crippen LogP contribution in [0.2, 0.25) is 0 Å². The summed E-state index contributed by atoms with van der Waals surface area (Å²) < 4.78 is 15.4. The van der Waals surface area contributed by atoms with Crippen LogP contribution in [-0.2, 0) is 16.1 Å². The first-order valence-electron chi connectivity index (χ1n) is 12.6. The van der Waals surface area contributed by atoms with Gasteiger partial charge in [-0.2, -0.15) is 0 Å². The number of benzene rings is 2. The molecule has 1 N–H and O–H groups in total. The van der Waals surface area contributed by atoms with Gasteiger partial charge in [0.05, 0.1) is 18.4 Å². The molecule has 0 radical (unpaired) electrons. The van der Waals surface area contributed by atoms with Gasteiger partial charge in [-0.05, 0) is 59.9 Å². The minimum Gasteiger partial charge on any atom is -0.478 e. The van der Waals surface area contributed by atoms with Crippen LogP contribution in [0.15, 0.2) is 67.0 Å². The fourth-order valence-corrected chi connectivity index (χ4v) is 4.70. The zero-order valence-electron chi connectivity index (χ0n) is 21.2. The molecule has 1 aliphatic carbocycles. The van der Waals surface area contributed by atoms with Crippen LogP contribution in [0.25, 0.3) is 17.2 Å². The van der Waals surface area contributed by atoms with E-state index in [9.17, 15) is 9.59 Å². The molecule has 37 heavy (non-hydrogen) atoms. The van der Waals surface area contributed by atoms with E-state index in [4.69, 9.17) is 5.11 Å². The van der Waals surface area contributed by atoms with E-state index in [1.807, 2.05) is 49.3 Å². The molecule has 1 aliphatic rings. The van der Waals surface area contributed by atoms with Crippen LogP contribution in [0.3, 0.4) is 0 Å². The molecule has 192 valence electrons. The molecule has 0 atom stereocenters.